The van der Waals surface area contributed by atoms with E-state index in [9.17, 15) is 9.18 Å². The van der Waals surface area contributed by atoms with E-state index in [0.29, 0.717) is 5.69 Å². The number of nitrogens with zero attached hydrogens (tertiary/aromatic N) is 2. The molecule has 6 heteroatoms. The van der Waals surface area contributed by atoms with Crippen molar-refractivity contribution in [2.45, 2.75) is 6.92 Å². The number of rotatable bonds is 3. The van der Waals surface area contributed by atoms with Crippen LogP contribution in [0.3, 0.4) is 0 Å². The van der Waals surface area contributed by atoms with Crippen LogP contribution in [0.1, 0.15) is 21.6 Å². The molecule has 0 amide bonds. The van der Waals surface area contributed by atoms with E-state index >= 15 is 0 Å². The Morgan fingerprint density at radius 1 is 1.45 bits per heavy atom. The minimum absolute atomic E-state index is 0.0521. The number of pyridine rings is 1. The molecule has 2 aromatic rings. The summed E-state index contributed by atoms with van der Waals surface area (Å²) in [6.45, 7) is 1.70. The van der Waals surface area contributed by atoms with Crippen molar-refractivity contribution in [3.05, 3.63) is 53.1 Å². The number of carboxylic acids is 1. The number of nitriles is 1. The molecule has 100 valence electrons. The van der Waals surface area contributed by atoms with Crippen LogP contribution < -0.4 is 5.32 Å². The van der Waals surface area contributed by atoms with Gasteiger partial charge >= 0.3 is 5.97 Å². The van der Waals surface area contributed by atoms with Crippen LogP contribution in [0.4, 0.5) is 15.8 Å². The van der Waals surface area contributed by atoms with Gasteiger partial charge in [-0.15, -0.1) is 0 Å². The lowest BCUT2D eigenvalue weighted by atomic mass is 10.1. The maximum Gasteiger partial charge on any atom is 0.339 e. The molecule has 0 bridgehead atoms. The fraction of sp³-hybridized carbons (Fsp3) is 0.0714. The molecule has 0 fully saturated rings. The molecule has 0 aliphatic rings. The standard InChI is InChI=1S/C14H10FN3O2/c1-8-5-13(10(7-17-8)14(19)20)18-12-4-2-3-11(15)9(12)6-16/h2-5,7H,1H3,(H,17,18)(H,19,20). The fourth-order valence-electron chi connectivity index (χ4n) is 1.72. The Labute approximate surface area is 114 Å². The number of halogens is 1. The van der Waals surface area contributed by atoms with Gasteiger partial charge in [-0.25, -0.2) is 9.18 Å². The maximum absolute atomic E-state index is 13.5. The van der Waals surface area contributed by atoms with Gasteiger partial charge in [0.15, 0.2) is 0 Å². The van der Waals surface area contributed by atoms with Crippen molar-refractivity contribution in [2.24, 2.45) is 0 Å². The number of carbonyl (C=O) groups is 1. The lowest BCUT2D eigenvalue weighted by Gasteiger charge is -2.11. The average Bonchev–Trinajstić information content (AvgIpc) is 2.38. The molecular formula is C14H10FN3O2. The molecule has 20 heavy (non-hydrogen) atoms. The molecule has 5 nitrogen and oxygen atoms in total. The van der Waals surface area contributed by atoms with E-state index in [-0.39, 0.29) is 22.5 Å². The first-order chi connectivity index (χ1) is 9.52. The van der Waals surface area contributed by atoms with Crippen LogP contribution in [0.25, 0.3) is 0 Å². The van der Waals surface area contributed by atoms with Gasteiger partial charge in [0.25, 0.3) is 0 Å². The number of anilines is 2. The molecule has 0 radical (unpaired) electrons. The van der Waals surface area contributed by atoms with Crippen LogP contribution in [0.5, 0.6) is 0 Å². The Kier molecular flexibility index (Phi) is 3.62. The molecule has 1 heterocycles. The fourth-order valence-corrected chi connectivity index (χ4v) is 1.72. The maximum atomic E-state index is 13.5. The summed E-state index contributed by atoms with van der Waals surface area (Å²) >= 11 is 0. The number of hydrogen-bond donors (Lipinski definition) is 2. The van der Waals surface area contributed by atoms with Crippen LogP contribution in [0.15, 0.2) is 30.5 Å². The molecule has 1 aromatic heterocycles. The average molecular weight is 271 g/mol. The third kappa shape index (κ3) is 2.57. The third-order valence-corrected chi connectivity index (χ3v) is 2.67. The number of aromatic nitrogens is 1. The first-order valence-electron chi connectivity index (χ1n) is 5.68. The van der Waals surface area contributed by atoms with Gasteiger partial charge in [0.1, 0.15) is 23.0 Å². The van der Waals surface area contributed by atoms with Gasteiger partial charge in [0, 0.05) is 11.9 Å². The Balaban J connectivity index is 2.51. The highest BCUT2D eigenvalue weighted by Gasteiger charge is 2.14. The van der Waals surface area contributed by atoms with Crippen molar-refractivity contribution in [3.8, 4) is 6.07 Å². The van der Waals surface area contributed by atoms with E-state index in [4.69, 9.17) is 10.4 Å². The van der Waals surface area contributed by atoms with Gasteiger partial charge in [0.05, 0.1) is 11.4 Å². The summed E-state index contributed by atoms with van der Waals surface area (Å²) in [6.07, 6.45) is 1.21. The Bertz CT molecular complexity index is 723. The van der Waals surface area contributed by atoms with Crippen molar-refractivity contribution in [2.75, 3.05) is 5.32 Å². The van der Waals surface area contributed by atoms with Crippen molar-refractivity contribution in [3.63, 3.8) is 0 Å². The predicted octanol–water partition coefficient (Wildman–Crippen LogP) is 2.84. The summed E-state index contributed by atoms with van der Waals surface area (Å²) in [7, 11) is 0. The third-order valence-electron chi connectivity index (χ3n) is 2.67. The second kappa shape index (κ2) is 5.36. The molecule has 0 spiro atoms. The first kappa shape index (κ1) is 13.5. The number of nitrogens with one attached hydrogen (secondary N) is 1. The predicted molar refractivity (Wildman–Crippen MR) is 70.3 cm³/mol. The van der Waals surface area contributed by atoms with Crippen LogP contribution in [0, 0.1) is 24.1 Å². The molecule has 0 unspecified atom stereocenters. The summed E-state index contributed by atoms with van der Waals surface area (Å²) in [5, 5.41) is 20.8. The Morgan fingerprint density at radius 3 is 2.85 bits per heavy atom. The molecule has 0 aliphatic heterocycles. The Hall–Kier alpha value is -2.94. The van der Waals surface area contributed by atoms with E-state index in [0.717, 1.165) is 0 Å². The van der Waals surface area contributed by atoms with Gasteiger partial charge in [-0.2, -0.15) is 5.26 Å². The summed E-state index contributed by atoms with van der Waals surface area (Å²) in [5.74, 6) is -1.82. The minimum atomic E-state index is -1.16. The van der Waals surface area contributed by atoms with E-state index in [1.54, 1.807) is 13.0 Å². The molecule has 2 N–H and O–H groups in total. The zero-order valence-corrected chi connectivity index (χ0v) is 10.5. The molecule has 0 aliphatic carbocycles. The monoisotopic (exact) mass is 271 g/mol. The quantitative estimate of drug-likeness (QED) is 0.896. The van der Waals surface area contributed by atoms with Crippen molar-refractivity contribution in [1.29, 1.82) is 5.26 Å². The number of aryl methyl sites for hydroxylation is 1. The second-order valence-corrected chi connectivity index (χ2v) is 4.08. The number of hydrogen-bond acceptors (Lipinski definition) is 4. The smallest absolute Gasteiger partial charge is 0.339 e. The van der Waals surface area contributed by atoms with Crippen molar-refractivity contribution in [1.82, 2.24) is 4.98 Å². The van der Waals surface area contributed by atoms with Gasteiger partial charge in [0.2, 0.25) is 0 Å². The highest BCUT2D eigenvalue weighted by molar-refractivity contribution is 5.95. The number of benzene rings is 1. The largest absolute Gasteiger partial charge is 0.478 e. The normalized spacial score (nSPS) is 9.85. The number of carboxylic acid groups (broad SMARTS) is 1. The number of aromatic carboxylic acids is 1. The second-order valence-electron chi connectivity index (χ2n) is 4.08. The highest BCUT2D eigenvalue weighted by atomic mass is 19.1. The van der Waals surface area contributed by atoms with Crippen LogP contribution in [0.2, 0.25) is 0 Å². The van der Waals surface area contributed by atoms with E-state index in [2.05, 4.69) is 10.3 Å². The lowest BCUT2D eigenvalue weighted by molar-refractivity contribution is 0.0697. The van der Waals surface area contributed by atoms with Gasteiger partial charge in [-0.05, 0) is 25.1 Å². The van der Waals surface area contributed by atoms with E-state index < -0.39 is 11.8 Å². The van der Waals surface area contributed by atoms with Crippen LogP contribution in [-0.4, -0.2) is 16.1 Å². The molecular weight excluding hydrogens is 261 g/mol. The van der Waals surface area contributed by atoms with Crippen LogP contribution >= 0.6 is 0 Å². The van der Waals surface area contributed by atoms with Gasteiger partial charge in [-0.3, -0.25) is 4.98 Å². The van der Waals surface area contributed by atoms with Crippen molar-refractivity contribution < 1.29 is 14.3 Å². The zero-order chi connectivity index (χ0) is 14.7. The molecule has 1 aromatic carbocycles. The van der Waals surface area contributed by atoms with E-state index in [1.807, 2.05) is 0 Å². The molecule has 0 saturated carbocycles. The summed E-state index contributed by atoms with van der Waals surface area (Å²) in [5.41, 5.74) is 0.849. The Morgan fingerprint density at radius 2 is 2.20 bits per heavy atom. The SMILES string of the molecule is Cc1cc(Nc2cccc(F)c2C#N)c(C(=O)O)cn1. The van der Waals surface area contributed by atoms with Crippen LogP contribution in [-0.2, 0) is 0 Å². The van der Waals surface area contributed by atoms with Gasteiger partial charge in [-0.1, -0.05) is 6.07 Å². The van der Waals surface area contributed by atoms with Crippen molar-refractivity contribution >= 4 is 17.3 Å². The highest BCUT2D eigenvalue weighted by Crippen LogP contribution is 2.25. The minimum Gasteiger partial charge on any atom is -0.478 e. The van der Waals surface area contributed by atoms with Gasteiger partial charge < -0.3 is 10.4 Å². The molecule has 0 saturated heterocycles. The molecule has 0 atom stereocenters. The summed E-state index contributed by atoms with van der Waals surface area (Å²) in [6, 6.07) is 7.38. The zero-order valence-electron chi connectivity index (χ0n) is 10.5. The summed E-state index contributed by atoms with van der Waals surface area (Å²) in [4.78, 5) is 15.0. The lowest BCUT2D eigenvalue weighted by Crippen LogP contribution is -2.05. The summed E-state index contributed by atoms with van der Waals surface area (Å²) < 4.78 is 13.5. The topological polar surface area (TPSA) is 86.0 Å². The van der Waals surface area contributed by atoms with E-state index in [1.165, 1.54) is 30.5 Å². The first-order valence-corrected chi connectivity index (χ1v) is 5.68. The molecule has 2 rings (SSSR count).